The summed E-state index contributed by atoms with van der Waals surface area (Å²) in [5.41, 5.74) is 3.92. The molecule has 40 heavy (non-hydrogen) atoms. The van der Waals surface area contributed by atoms with Gasteiger partial charge in [-0.2, -0.15) is 0 Å². The first-order valence-electron chi connectivity index (χ1n) is 14.1. The summed E-state index contributed by atoms with van der Waals surface area (Å²) in [6.45, 7) is 3.08. The molecule has 2 aromatic heterocycles. The third-order valence-electron chi connectivity index (χ3n) is 8.35. The summed E-state index contributed by atoms with van der Waals surface area (Å²) in [6, 6.07) is 18.6. The third kappa shape index (κ3) is 5.93. The highest BCUT2D eigenvalue weighted by Gasteiger charge is 2.32. The zero-order valence-corrected chi connectivity index (χ0v) is 23.2. The standard InChI is InChI=1S/C31H35ClN6O2/c32-27-18-34-30(36-29(27)26-17-33-28-12-5-4-11-25(26)28)35-23-10-6-9-22(15-23)19-37-13-14-38(31(39)40)24(20-37)16-21-7-2-1-3-8-21/h1-5,7-8,11-12,17-18,22-24,33H,6,9-10,13-16,19-20H2,(H,39,40)(H,34,35,36). The number of hydrogen-bond donors (Lipinski definition) is 3. The van der Waals surface area contributed by atoms with E-state index in [0.29, 0.717) is 23.4 Å². The molecule has 0 spiro atoms. The summed E-state index contributed by atoms with van der Waals surface area (Å²) in [6.07, 6.45) is 8.00. The maximum Gasteiger partial charge on any atom is 0.407 e. The van der Waals surface area contributed by atoms with Crippen LogP contribution < -0.4 is 5.32 Å². The Morgan fingerprint density at radius 1 is 1.10 bits per heavy atom. The van der Waals surface area contributed by atoms with E-state index in [4.69, 9.17) is 16.6 Å². The molecule has 3 atom stereocenters. The third-order valence-corrected chi connectivity index (χ3v) is 8.62. The van der Waals surface area contributed by atoms with Crippen molar-refractivity contribution in [3.05, 3.63) is 77.6 Å². The fraction of sp³-hybridized carbons (Fsp3) is 0.387. The molecule has 208 valence electrons. The molecule has 2 fully saturated rings. The van der Waals surface area contributed by atoms with E-state index in [1.165, 1.54) is 12.0 Å². The largest absolute Gasteiger partial charge is 0.465 e. The van der Waals surface area contributed by atoms with Crippen molar-refractivity contribution in [2.45, 2.75) is 44.2 Å². The quantitative estimate of drug-likeness (QED) is 0.251. The minimum Gasteiger partial charge on any atom is -0.465 e. The second-order valence-electron chi connectivity index (χ2n) is 11.1. The molecule has 3 unspecified atom stereocenters. The van der Waals surface area contributed by atoms with Gasteiger partial charge in [-0.15, -0.1) is 0 Å². The van der Waals surface area contributed by atoms with Gasteiger partial charge in [-0.1, -0.05) is 66.6 Å². The molecule has 1 aliphatic heterocycles. The number of carbonyl (C=O) groups is 1. The Hall–Kier alpha value is -3.62. The highest BCUT2D eigenvalue weighted by molar-refractivity contribution is 6.33. The zero-order chi connectivity index (χ0) is 27.5. The summed E-state index contributed by atoms with van der Waals surface area (Å²) in [4.78, 5) is 28.7. The number of halogens is 1. The summed E-state index contributed by atoms with van der Waals surface area (Å²) in [5, 5.41) is 15.0. The van der Waals surface area contributed by atoms with E-state index in [1.54, 1.807) is 11.1 Å². The molecule has 3 heterocycles. The Morgan fingerprint density at radius 2 is 1.93 bits per heavy atom. The Balaban J connectivity index is 1.10. The SMILES string of the molecule is O=C(O)N1CCN(CC2CCCC(Nc3ncc(Cl)c(-c4c[nH]c5ccccc45)n3)C2)CC1Cc1ccccc1. The molecule has 3 N–H and O–H groups in total. The summed E-state index contributed by atoms with van der Waals surface area (Å²) in [5.74, 6) is 1.15. The monoisotopic (exact) mass is 558 g/mol. The molecular weight excluding hydrogens is 524 g/mol. The van der Waals surface area contributed by atoms with Crippen LogP contribution in [0, 0.1) is 5.92 Å². The average Bonchev–Trinajstić information content (AvgIpc) is 3.39. The number of hydrogen-bond acceptors (Lipinski definition) is 5. The maximum absolute atomic E-state index is 11.9. The van der Waals surface area contributed by atoms with Crippen molar-refractivity contribution in [1.29, 1.82) is 0 Å². The van der Waals surface area contributed by atoms with Gasteiger partial charge in [0.05, 0.1) is 23.0 Å². The second kappa shape index (κ2) is 11.9. The zero-order valence-electron chi connectivity index (χ0n) is 22.5. The van der Waals surface area contributed by atoms with Crippen LogP contribution in [0.4, 0.5) is 10.7 Å². The maximum atomic E-state index is 11.9. The fourth-order valence-electron chi connectivity index (χ4n) is 6.43. The van der Waals surface area contributed by atoms with Crippen LogP contribution >= 0.6 is 11.6 Å². The van der Waals surface area contributed by atoms with Gasteiger partial charge in [-0.25, -0.2) is 14.8 Å². The topological polar surface area (TPSA) is 97.4 Å². The number of H-pyrrole nitrogens is 1. The number of amides is 1. The minimum atomic E-state index is -0.822. The number of benzene rings is 2. The molecule has 8 nitrogen and oxygen atoms in total. The summed E-state index contributed by atoms with van der Waals surface area (Å²) in [7, 11) is 0. The van der Waals surface area contributed by atoms with E-state index in [-0.39, 0.29) is 12.1 Å². The Morgan fingerprint density at radius 3 is 2.77 bits per heavy atom. The fourth-order valence-corrected chi connectivity index (χ4v) is 6.62. The molecular formula is C31H35ClN6O2. The number of para-hydroxylation sites is 1. The normalized spacial score (nSPS) is 21.9. The van der Waals surface area contributed by atoms with Crippen LogP contribution in [-0.2, 0) is 6.42 Å². The van der Waals surface area contributed by atoms with Crippen LogP contribution in [0.1, 0.15) is 31.2 Å². The van der Waals surface area contributed by atoms with Crippen LogP contribution in [0.2, 0.25) is 5.02 Å². The molecule has 1 saturated carbocycles. The number of aromatic nitrogens is 3. The average molecular weight is 559 g/mol. The van der Waals surface area contributed by atoms with Crippen LogP contribution in [0.3, 0.4) is 0 Å². The van der Waals surface area contributed by atoms with E-state index in [9.17, 15) is 9.90 Å². The first-order chi connectivity index (χ1) is 19.5. The van der Waals surface area contributed by atoms with E-state index in [0.717, 1.165) is 67.5 Å². The molecule has 0 radical (unpaired) electrons. The predicted molar refractivity (Wildman–Crippen MR) is 159 cm³/mol. The van der Waals surface area contributed by atoms with Crippen molar-refractivity contribution in [3.63, 3.8) is 0 Å². The molecule has 1 saturated heterocycles. The first kappa shape index (κ1) is 26.6. The lowest BCUT2D eigenvalue weighted by atomic mass is 9.85. The van der Waals surface area contributed by atoms with Crippen LogP contribution in [-0.4, -0.2) is 74.2 Å². The molecule has 2 aliphatic rings. The molecule has 6 rings (SSSR count). The van der Waals surface area contributed by atoms with Crippen molar-refractivity contribution in [3.8, 4) is 11.3 Å². The Kier molecular flexibility index (Phi) is 7.89. The van der Waals surface area contributed by atoms with Crippen LogP contribution in [0.15, 0.2) is 67.0 Å². The molecule has 2 aromatic carbocycles. The minimum absolute atomic E-state index is 0.0310. The summed E-state index contributed by atoms with van der Waals surface area (Å²) < 4.78 is 0. The van der Waals surface area contributed by atoms with Crippen molar-refractivity contribution in [2.24, 2.45) is 5.92 Å². The van der Waals surface area contributed by atoms with Gasteiger partial charge in [0, 0.05) is 54.9 Å². The molecule has 0 bridgehead atoms. The number of aromatic amines is 1. The van der Waals surface area contributed by atoms with Crippen LogP contribution in [0.25, 0.3) is 22.2 Å². The first-order valence-corrected chi connectivity index (χ1v) is 14.5. The second-order valence-corrected chi connectivity index (χ2v) is 11.5. The van der Waals surface area contributed by atoms with Gasteiger partial charge in [-0.3, -0.25) is 4.90 Å². The Bertz CT molecular complexity index is 1460. The molecule has 9 heteroatoms. The van der Waals surface area contributed by atoms with Gasteiger partial charge in [0.1, 0.15) is 0 Å². The Labute approximate surface area is 239 Å². The smallest absolute Gasteiger partial charge is 0.407 e. The van der Waals surface area contributed by atoms with Crippen molar-refractivity contribution in [2.75, 3.05) is 31.5 Å². The van der Waals surface area contributed by atoms with E-state index in [2.05, 4.69) is 38.4 Å². The highest BCUT2D eigenvalue weighted by atomic mass is 35.5. The molecule has 4 aromatic rings. The van der Waals surface area contributed by atoms with Gasteiger partial charge < -0.3 is 20.3 Å². The van der Waals surface area contributed by atoms with E-state index >= 15 is 0 Å². The van der Waals surface area contributed by atoms with Gasteiger partial charge in [-0.05, 0) is 43.2 Å². The highest BCUT2D eigenvalue weighted by Crippen LogP contribution is 2.33. The number of carboxylic acid groups (broad SMARTS) is 1. The number of nitrogens with zero attached hydrogens (tertiary/aromatic N) is 4. The molecule has 1 aliphatic carbocycles. The number of nitrogens with one attached hydrogen (secondary N) is 2. The van der Waals surface area contributed by atoms with Crippen LogP contribution in [0.5, 0.6) is 0 Å². The number of anilines is 1. The summed E-state index contributed by atoms with van der Waals surface area (Å²) >= 11 is 6.54. The molecule has 1 amide bonds. The lowest BCUT2D eigenvalue weighted by Crippen LogP contribution is -2.56. The number of fused-ring (bicyclic) bond motifs is 1. The van der Waals surface area contributed by atoms with Crippen molar-refractivity contribution < 1.29 is 9.90 Å². The number of piperazine rings is 1. The van der Waals surface area contributed by atoms with Crippen molar-refractivity contribution in [1.82, 2.24) is 24.8 Å². The van der Waals surface area contributed by atoms with Gasteiger partial charge in [0.15, 0.2) is 0 Å². The van der Waals surface area contributed by atoms with Gasteiger partial charge >= 0.3 is 6.09 Å². The van der Waals surface area contributed by atoms with Crippen molar-refractivity contribution >= 4 is 34.5 Å². The van der Waals surface area contributed by atoms with E-state index in [1.807, 2.05) is 42.6 Å². The lowest BCUT2D eigenvalue weighted by molar-refractivity contribution is 0.0571. The number of rotatable bonds is 7. The predicted octanol–water partition coefficient (Wildman–Crippen LogP) is 6.16. The van der Waals surface area contributed by atoms with E-state index < -0.39 is 6.09 Å². The lowest BCUT2D eigenvalue weighted by Gasteiger charge is -2.42. The van der Waals surface area contributed by atoms with Gasteiger partial charge in [0.25, 0.3) is 0 Å². The van der Waals surface area contributed by atoms with Gasteiger partial charge in [0.2, 0.25) is 5.95 Å².